The lowest BCUT2D eigenvalue weighted by molar-refractivity contribution is -0.144. The Hall–Kier alpha value is -2.92. The van der Waals surface area contributed by atoms with E-state index in [1.165, 1.54) is 30.5 Å². The molecule has 5 nitrogen and oxygen atoms in total. The molecule has 0 aliphatic heterocycles. The number of rotatable bonds is 2. The number of fused-ring (bicyclic) bond motifs is 1. The van der Waals surface area contributed by atoms with Crippen molar-refractivity contribution in [3.05, 3.63) is 53.1 Å². The van der Waals surface area contributed by atoms with Crippen molar-refractivity contribution in [3.63, 3.8) is 0 Å². The fraction of sp³-hybridized carbons (Fsp3) is 0.0667. The van der Waals surface area contributed by atoms with Crippen molar-refractivity contribution < 1.29 is 17.9 Å². The summed E-state index contributed by atoms with van der Waals surface area (Å²) in [7, 11) is 0. The molecule has 1 aromatic carbocycles. The Bertz CT molecular complexity index is 969. The molecule has 0 amide bonds. The van der Waals surface area contributed by atoms with E-state index >= 15 is 0 Å². The highest BCUT2D eigenvalue weighted by atomic mass is 35.5. The summed E-state index contributed by atoms with van der Waals surface area (Å²) in [6.45, 7) is 0. The third kappa shape index (κ3) is 3.07. The van der Waals surface area contributed by atoms with Crippen molar-refractivity contribution in [1.29, 1.82) is 5.26 Å². The van der Waals surface area contributed by atoms with E-state index in [1.807, 2.05) is 6.07 Å². The van der Waals surface area contributed by atoms with E-state index in [-0.39, 0.29) is 33.1 Å². The first-order valence-corrected chi connectivity index (χ1v) is 6.83. The standard InChI is InChI=1S/C15H6ClF3N4O/c16-9-4-8(5-20)13(21-6-9)24-12-3-1-2-11-10(12)7-22-14(23-11)15(17,18)19/h1-4,6-7H. The fourth-order valence-corrected chi connectivity index (χ4v) is 2.10. The van der Waals surface area contributed by atoms with E-state index in [4.69, 9.17) is 21.6 Å². The number of hydrogen-bond donors (Lipinski definition) is 0. The van der Waals surface area contributed by atoms with Crippen molar-refractivity contribution in [2.75, 3.05) is 0 Å². The molecule has 0 saturated heterocycles. The average Bonchev–Trinajstić information content (AvgIpc) is 2.55. The highest BCUT2D eigenvalue weighted by Crippen LogP contribution is 2.32. The average molecular weight is 351 g/mol. The third-order valence-corrected chi connectivity index (χ3v) is 3.19. The minimum atomic E-state index is -4.64. The van der Waals surface area contributed by atoms with Crippen molar-refractivity contribution in [2.24, 2.45) is 0 Å². The SMILES string of the molecule is N#Cc1cc(Cl)cnc1Oc1cccc2nc(C(F)(F)F)ncc12. The van der Waals surface area contributed by atoms with Gasteiger partial charge in [0.05, 0.1) is 15.9 Å². The van der Waals surface area contributed by atoms with Crippen molar-refractivity contribution >= 4 is 22.5 Å². The Balaban J connectivity index is 2.07. The normalized spacial score (nSPS) is 11.3. The zero-order valence-corrected chi connectivity index (χ0v) is 12.4. The molecule has 0 bridgehead atoms. The van der Waals surface area contributed by atoms with Gasteiger partial charge in [0.2, 0.25) is 11.7 Å². The molecule has 120 valence electrons. The fourth-order valence-electron chi connectivity index (χ4n) is 1.95. The molecule has 0 spiro atoms. The van der Waals surface area contributed by atoms with E-state index in [2.05, 4.69) is 15.0 Å². The van der Waals surface area contributed by atoms with Gasteiger partial charge in [-0.25, -0.2) is 15.0 Å². The second kappa shape index (κ2) is 5.94. The van der Waals surface area contributed by atoms with Gasteiger partial charge in [0.1, 0.15) is 17.4 Å². The zero-order valence-electron chi connectivity index (χ0n) is 11.7. The van der Waals surface area contributed by atoms with Crippen LogP contribution in [0.25, 0.3) is 10.9 Å². The number of aromatic nitrogens is 3. The quantitative estimate of drug-likeness (QED) is 0.686. The van der Waals surface area contributed by atoms with Crippen LogP contribution in [-0.2, 0) is 6.18 Å². The molecule has 0 fully saturated rings. The number of nitriles is 1. The summed E-state index contributed by atoms with van der Waals surface area (Å²) in [6.07, 6.45) is -2.33. The summed E-state index contributed by atoms with van der Waals surface area (Å²) >= 11 is 5.76. The smallest absolute Gasteiger partial charge is 0.437 e. The van der Waals surface area contributed by atoms with Crippen LogP contribution < -0.4 is 4.74 Å². The van der Waals surface area contributed by atoms with Crippen LogP contribution in [0.15, 0.2) is 36.7 Å². The van der Waals surface area contributed by atoms with Crippen molar-refractivity contribution in [2.45, 2.75) is 6.18 Å². The molecule has 0 aliphatic carbocycles. The topological polar surface area (TPSA) is 71.7 Å². The Morgan fingerprint density at radius 2 is 1.96 bits per heavy atom. The van der Waals surface area contributed by atoms with Gasteiger partial charge >= 0.3 is 6.18 Å². The summed E-state index contributed by atoms with van der Waals surface area (Å²) in [5.41, 5.74) is 0.148. The molecule has 0 saturated carbocycles. The van der Waals surface area contributed by atoms with Crippen LogP contribution in [0, 0.1) is 11.3 Å². The Morgan fingerprint density at radius 3 is 2.67 bits per heavy atom. The van der Waals surface area contributed by atoms with Gasteiger partial charge in [-0.15, -0.1) is 0 Å². The molecule has 0 aliphatic rings. The molecule has 0 radical (unpaired) electrons. The largest absolute Gasteiger partial charge is 0.451 e. The maximum absolute atomic E-state index is 12.7. The number of benzene rings is 1. The van der Waals surface area contributed by atoms with Crippen LogP contribution in [0.2, 0.25) is 5.02 Å². The maximum atomic E-state index is 12.7. The highest BCUT2D eigenvalue weighted by molar-refractivity contribution is 6.30. The van der Waals surface area contributed by atoms with Gasteiger partial charge in [0.25, 0.3) is 0 Å². The van der Waals surface area contributed by atoms with E-state index in [1.54, 1.807) is 0 Å². The predicted molar refractivity (Wildman–Crippen MR) is 78.6 cm³/mol. The van der Waals surface area contributed by atoms with Crippen LogP contribution >= 0.6 is 11.6 Å². The van der Waals surface area contributed by atoms with Gasteiger partial charge in [0.15, 0.2) is 0 Å². The molecule has 9 heteroatoms. The number of halogens is 4. The molecule has 0 unspecified atom stereocenters. The summed E-state index contributed by atoms with van der Waals surface area (Å²) in [4.78, 5) is 10.7. The van der Waals surface area contributed by atoms with Gasteiger partial charge < -0.3 is 4.74 Å². The van der Waals surface area contributed by atoms with E-state index in [0.717, 1.165) is 6.20 Å². The molecular weight excluding hydrogens is 345 g/mol. The Morgan fingerprint density at radius 1 is 1.17 bits per heavy atom. The number of pyridine rings is 1. The predicted octanol–water partition coefficient (Wildman–Crippen LogP) is 4.36. The third-order valence-electron chi connectivity index (χ3n) is 2.98. The minimum Gasteiger partial charge on any atom is -0.437 e. The maximum Gasteiger partial charge on any atom is 0.451 e. The summed E-state index contributed by atoms with van der Waals surface area (Å²) in [6, 6.07) is 7.64. The lowest BCUT2D eigenvalue weighted by Crippen LogP contribution is -2.10. The highest BCUT2D eigenvalue weighted by Gasteiger charge is 2.34. The second-order valence-electron chi connectivity index (χ2n) is 4.60. The molecule has 2 heterocycles. The van der Waals surface area contributed by atoms with Gasteiger partial charge in [0, 0.05) is 12.4 Å². The lowest BCUT2D eigenvalue weighted by atomic mass is 10.2. The van der Waals surface area contributed by atoms with Crippen LogP contribution in [0.3, 0.4) is 0 Å². The molecule has 0 N–H and O–H groups in total. The first-order valence-electron chi connectivity index (χ1n) is 6.45. The molecule has 3 rings (SSSR count). The van der Waals surface area contributed by atoms with E-state index in [9.17, 15) is 13.2 Å². The van der Waals surface area contributed by atoms with Gasteiger partial charge in [-0.05, 0) is 18.2 Å². The number of ether oxygens (including phenoxy) is 1. The van der Waals surface area contributed by atoms with Gasteiger partial charge in [-0.3, -0.25) is 0 Å². The van der Waals surface area contributed by atoms with E-state index in [0.29, 0.717) is 0 Å². The second-order valence-corrected chi connectivity index (χ2v) is 5.04. The van der Waals surface area contributed by atoms with Crippen LogP contribution in [0.5, 0.6) is 11.6 Å². The minimum absolute atomic E-state index is 0.0192. The number of nitrogens with zero attached hydrogens (tertiary/aromatic N) is 4. The van der Waals surface area contributed by atoms with Crippen LogP contribution in [-0.4, -0.2) is 15.0 Å². The molecular formula is C15H6ClF3N4O. The van der Waals surface area contributed by atoms with Crippen molar-refractivity contribution in [3.8, 4) is 17.7 Å². The monoisotopic (exact) mass is 350 g/mol. The summed E-state index contributed by atoms with van der Waals surface area (Å²) in [5.74, 6) is -1.09. The summed E-state index contributed by atoms with van der Waals surface area (Å²) in [5, 5.41) is 9.60. The van der Waals surface area contributed by atoms with Crippen LogP contribution in [0.4, 0.5) is 13.2 Å². The molecule has 0 atom stereocenters. The first kappa shape index (κ1) is 16.0. The molecule has 3 aromatic rings. The first-order chi connectivity index (χ1) is 11.4. The zero-order chi connectivity index (χ0) is 17.3. The number of alkyl halides is 3. The lowest BCUT2D eigenvalue weighted by Gasteiger charge is -2.10. The van der Waals surface area contributed by atoms with Gasteiger partial charge in [-0.1, -0.05) is 17.7 Å². The summed E-state index contributed by atoms with van der Waals surface area (Å²) < 4.78 is 43.6. The Labute approximate surface area is 138 Å². The van der Waals surface area contributed by atoms with Crippen molar-refractivity contribution in [1.82, 2.24) is 15.0 Å². The van der Waals surface area contributed by atoms with Gasteiger partial charge in [-0.2, -0.15) is 18.4 Å². The Kier molecular flexibility index (Phi) is 3.95. The van der Waals surface area contributed by atoms with E-state index < -0.39 is 12.0 Å². The molecule has 2 aromatic heterocycles. The van der Waals surface area contributed by atoms with Crippen LogP contribution in [0.1, 0.15) is 11.4 Å². The number of hydrogen-bond acceptors (Lipinski definition) is 5. The molecule has 24 heavy (non-hydrogen) atoms.